The van der Waals surface area contributed by atoms with Crippen LogP contribution >= 0.6 is 0 Å². The molecule has 1 aromatic carbocycles. The van der Waals surface area contributed by atoms with Crippen LogP contribution in [0.5, 0.6) is 0 Å². The molecule has 0 spiro atoms. The maximum atomic E-state index is 5.74. The third kappa shape index (κ3) is 5.42. The summed E-state index contributed by atoms with van der Waals surface area (Å²) in [5, 5.41) is 0. The maximum Gasteiger partial charge on any atom is 0.0900 e. The quantitative estimate of drug-likeness (QED) is 0.426. The van der Waals surface area contributed by atoms with Gasteiger partial charge in [-0.1, -0.05) is 36.4 Å². The summed E-state index contributed by atoms with van der Waals surface area (Å²) < 4.78 is 0. The summed E-state index contributed by atoms with van der Waals surface area (Å²) in [7, 11) is 0. The molecule has 0 fully saturated rings. The lowest BCUT2D eigenvalue weighted by atomic mass is 10.0. The van der Waals surface area contributed by atoms with Crippen LogP contribution in [0.3, 0.4) is 0 Å². The highest BCUT2D eigenvalue weighted by Crippen LogP contribution is 2.29. The van der Waals surface area contributed by atoms with E-state index in [1.54, 1.807) is 12.4 Å². The van der Waals surface area contributed by atoms with Gasteiger partial charge in [-0.2, -0.15) is 0 Å². The van der Waals surface area contributed by atoms with Crippen LogP contribution in [0.15, 0.2) is 85.2 Å². The summed E-state index contributed by atoms with van der Waals surface area (Å²) in [5.74, 6) is 0. The molecule has 162 valence electrons. The number of pyridine rings is 3. The normalized spacial score (nSPS) is 11.1. The third-order valence-corrected chi connectivity index (χ3v) is 5.26. The molecule has 0 aliphatic heterocycles. The zero-order valence-corrected chi connectivity index (χ0v) is 18.1. The second-order valence-corrected chi connectivity index (χ2v) is 7.61. The van der Waals surface area contributed by atoms with E-state index in [1.807, 2.05) is 36.4 Å². The number of rotatable bonds is 9. The SMILES string of the molecule is NCCN(CCN)Cc1ccc(-c2cc(-c3ccccn3)nc(-c3ccccn3)c2)cc1. The monoisotopic (exact) mass is 424 g/mol. The van der Waals surface area contributed by atoms with Gasteiger partial charge in [0.2, 0.25) is 0 Å². The zero-order chi connectivity index (χ0) is 22.2. The molecule has 0 bridgehead atoms. The van der Waals surface area contributed by atoms with E-state index in [4.69, 9.17) is 16.5 Å². The molecule has 32 heavy (non-hydrogen) atoms. The van der Waals surface area contributed by atoms with Crippen LogP contribution in [0.1, 0.15) is 5.56 Å². The molecule has 4 N–H and O–H groups in total. The molecular weight excluding hydrogens is 396 g/mol. The van der Waals surface area contributed by atoms with E-state index >= 15 is 0 Å². The first-order chi connectivity index (χ1) is 15.8. The van der Waals surface area contributed by atoms with Crippen molar-refractivity contribution in [3.63, 3.8) is 0 Å². The number of hydrogen-bond acceptors (Lipinski definition) is 6. The number of aromatic nitrogens is 3. The Morgan fingerprint density at radius 3 is 1.66 bits per heavy atom. The third-order valence-electron chi connectivity index (χ3n) is 5.26. The van der Waals surface area contributed by atoms with E-state index < -0.39 is 0 Å². The van der Waals surface area contributed by atoms with Crippen molar-refractivity contribution in [1.82, 2.24) is 19.9 Å². The fourth-order valence-electron chi connectivity index (χ4n) is 3.68. The van der Waals surface area contributed by atoms with Gasteiger partial charge in [0.05, 0.1) is 22.8 Å². The van der Waals surface area contributed by atoms with Crippen molar-refractivity contribution in [2.75, 3.05) is 26.2 Å². The van der Waals surface area contributed by atoms with Gasteiger partial charge in [-0.25, -0.2) is 4.98 Å². The van der Waals surface area contributed by atoms with Crippen molar-refractivity contribution in [3.05, 3.63) is 90.8 Å². The Morgan fingerprint density at radius 2 is 1.19 bits per heavy atom. The predicted molar refractivity (Wildman–Crippen MR) is 130 cm³/mol. The van der Waals surface area contributed by atoms with E-state index in [0.717, 1.165) is 53.5 Å². The Kier molecular flexibility index (Phi) is 7.30. The average Bonchev–Trinajstić information content (AvgIpc) is 2.86. The van der Waals surface area contributed by atoms with Gasteiger partial charge >= 0.3 is 0 Å². The molecule has 3 aromatic heterocycles. The molecule has 4 rings (SSSR count). The van der Waals surface area contributed by atoms with Gasteiger partial charge in [-0.05, 0) is 53.1 Å². The zero-order valence-electron chi connectivity index (χ0n) is 18.1. The maximum absolute atomic E-state index is 5.74. The van der Waals surface area contributed by atoms with Crippen molar-refractivity contribution in [1.29, 1.82) is 0 Å². The second kappa shape index (κ2) is 10.7. The predicted octanol–water partition coefficient (Wildman–Crippen LogP) is 3.59. The molecule has 4 aromatic rings. The highest BCUT2D eigenvalue weighted by atomic mass is 15.1. The van der Waals surface area contributed by atoms with E-state index in [-0.39, 0.29) is 0 Å². The van der Waals surface area contributed by atoms with Crippen LogP contribution in [-0.4, -0.2) is 46.0 Å². The molecule has 0 radical (unpaired) electrons. The molecule has 0 aliphatic rings. The Hall–Kier alpha value is -3.45. The fraction of sp³-hybridized carbons (Fsp3) is 0.192. The Labute approximate surface area is 189 Å². The standard InChI is InChI=1S/C26H28N6/c27-11-15-32(16-12-28)19-20-7-9-21(10-8-20)22-17-25(23-5-1-3-13-29-23)31-26(18-22)24-6-2-4-14-30-24/h1-10,13-14,17-18H,11-12,15-16,19,27-28H2. The first-order valence-corrected chi connectivity index (χ1v) is 10.8. The van der Waals surface area contributed by atoms with Gasteiger partial charge in [-0.15, -0.1) is 0 Å². The molecule has 3 heterocycles. The molecular formula is C26H28N6. The Morgan fingerprint density at radius 1 is 0.625 bits per heavy atom. The minimum Gasteiger partial charge on any atom is -0.329 e. The lowest BCUT2D eigenvalue weighted by Gasteiger charge is -2.20. The van der Waals surface area contributed by atoms with Crippen LogP contribution in [0.25, 0.3) is 33.9 Å². The summed E-state index contributed by atoms with van der Waals surface area (Å²) in [6.45, 7) is 3.77. The van der Waals surface area contributed by atoms with Crippen molar-refractivity contribution >= 4 is 0 Å². The Balaban J connectivity index is 1.68. The largest absolute Gasteiger partial charge is 0.329 e. The second-order valence-electron chi connectivity index (χ2n) is 7.61. The molecule has 0 saturated carbocycles. The van der Waals surface area contributed by atoms with Crippen molar-refractivity contribution in [3.8, 4) is 33.9 Å². The van der Waals surface area contributed by atoms with Gasteiger partial charge in [0.15, 0.2) is 0 Å². The first-order valence-electron chi connectivity index (χ1n) is 10.8. The van der Waals surface area contributed by atoms with Crippen LogP contribution in [0, 0.1) is 0 Å². The summed E-state index contributed by atoms with van der Waals surface area (Å²) in [4.78, 5) is 16.1. The van der Waals surface area contributed by atoms with E-state index in [2.05, 4.69) is 51.3 Å². The van der Waals surface area contributed by atoms with E-state index in [0.29, 0.717) is 13.1 Å². The smallest absolute Gasteiger partial charge is 0.0900 e. The molecule has 0 aliphatic carbocycles. The number of hydrogen-bond donors (Lipinski definition) is 2. The number of nitrogens with zero attached hydrogens (tertiary/aromatic N) is 4. The van der Waals surface area contributed by atoms with Gasteiger partial charge in [0.25, 0.3) is 0 Å². The summed E-state index contributed by atoms with van der Waals surface area (Å²) in [5.41, 5.74) is 18.2. The number of nitrogens with two attached hydrogens (primary N) is 2. The highest BCUT2D eigenvalue weighted by molar-refractivity contribution is 5.74. The van der Waals surface area contributed by atoms with Crippen molar-refractivity contribution in [2.24, 2.45) is 11.5 Å². The summed E-state index contributed by atoms with van der Waals surface area (Å²) >= 11 is 0. The van der Waals surface area contributed by atoms with Gasteiger partial charge < -0.3 is 11.5 Å². The van der Waals surface area contributed by atoms with Gasteiger partial charge in [0, 0.05) is 45.1 Å². The topological polar surface area (TPSA) is 94.0 Å². The molecule has 0 atom stereocenters. The first kappa shape index (κ1) is 21.8. The molecule has 0 saturated heterocycles. The minimum atomic E-state index is 0.627. The molecule has 0 unspecified atom stereocenters. The van der Waals surface area contributed by atoms with Crippen molar-refractivity contribution < 1.29 is 0 Å². The van der Waals surface area contributed by atoms with Crippen LogP contribution in [0.2, 0.25) is 0 Å². The minimum absolute atomic E-state index is 0.627. The highest BCUT2D eigenvalue weighted by Gasteiger charge is 2.11. The van der Waals surface area contributed by atoms with E-state index in [1.165, 1.54) is 5.56 Å². The van der Waals surface area contributed by atoms with E-state index in [9.17, 15) is 0 Å². The van der Waals surface area contributed by atoms with Gasteiger partial charge in [-0.3, -0.25) is 14.9 Å². The lowest BCUT2D eigenvalue weighted by Crippen LogP contribution is -2.33. The fourth-order valence-corrected chi connectivity index (χ4v) is 3.68. The molecule has 6 nitrogen and oxygen atoms in total. The van der Waals surface area contributed by atoms with Crippen LogP contribution < -0.4 is 11.5 Å². The molecule has 6 heteroatoms. The van der Waals surface area contributed by atoms with Crippen LogP contribution in [0.4, 0.5) is 0 Å². The summed E-state index contributed by atoms with van der Waals surface area (Å²) in [6.07, 6.45) is 3.57. The van der Waals surface area contributed by atoms with Crippen LogP contribution in [-0.2, 0) is 6.54 Å². The summed E-state index contributed by atoms with van der Waals surface area (Å²) in [6, 6.07) is 24.5. The number of benzene rings is 1. The Bertz CT molecular complexity index is 1050. The average molecular weight is 425 g/mol. The van der Waals surface area contributed by atoms with Crippen molar-refractivity contribution in [2.45, 2.75) is 6.54 Å². The van der Waals surface area contributed by atoms with Gasteiger partial charge in [0.1, 0.15) is 0 Å². The molecule has 0 amide bonds. The lowest BCUT2D eigenvalue weighted by molar-refractivity contribution is 0.281.